The summed E-state index contributed by atoms with van der Waals surface area (Å²) in [5.41, 5.74) is 0.348. The lowest BCUT2D eigenvalue weighted by Gasteiger charge is -2.09. The molecule has 0 heterocycles. The predicted molar refractivity (Wildman–Crippen MR) is 69.2 cm³/mol. The molecule has 1 aromatic rings. The van der Waals surface area contributed by atoms with E-state index in [0.717, 1.165) is 0 Å². The van der Waals surface area contributed by atoms with Crippen LogP contribution >= 0.6 is 15.9 Å². The summed E-state index contributed by atoms with van der Waals surface area (Å²) in [6, 6.07) is 4.72. The van der Waals surface area contributed by atoms with Gasteiger partial charge >= 0.3 is 5.97 Å². The van der Waals surface area contributed by atoms with Crippen LogP contribution in [0.5, 0.6) is 0 Å². The molecule has 2 N–H and O–H groups in total. The molecule has 0 aliphatic rings. The van der Waals surface area contributed by atoms with Crippen molar-refractivity contribution in [2.75, 3.05) is 5.32 Å². The van der Waals surface area contributed by atoms with Crippen molar-refractivity contribution in [3.8, 4) is 0 Å². The molecule has 90 valence electrons. The monoisotopic (exact) mass is 297 g/mol. The number of carbonyl (C=O) groups excluding carboxylic acids is 1. The van der Waals surface area contributed by atoms with Gasteiger partial charge < -0.3 is 10.4 Å². The second-order valence-corrected chi connectivity index (χ2v) is 4.20. The first-order valence-corrected chi connectivity index (χ1v) is 5.78. The molecule has 0 saturated carbocycles. The molecule has 0 bridgehead atoms. The predicted octanol–water partition coefficient (Wildman–Crippen LogP) is 3.05. The van der Waals surface area contributed by atoms with E-state index in [1.54, 1.807) is 18.2 Å². The van der Waals surface area contributed by atoms with Gasteiger partial charge in [-0.15, -0.1) is 6.58 Å². The van der Waals surface area contributed by atoms with Crippen molar-refractivity contribution in [2.45, 2.75) is 12.8 Å². The van der Waals surface area contributed by atoms with E-state index < -0.39 is 5.97 Å². The van der Waals surface area contributed by atoms with Crippen LogP contribution in [-0.2, 0) is 4.79 Å². The Morgan fingerprint density at radius 2 is 2.18 bits per heavy atom. The largest absolute Gasteiger partial charge is 0.478 e. The van der Waals surface area contributed by atoms with Crippen molar-refractivity contribution < 1.29 is 14.7 Å². The van der Waals surface area contributed by atoms with Crippen LogP contribution in [0.25, 0.3) is 0 Å². The maximum atomic E-state index is 11.5. The third kappa shape index (κ3) is 3.71. The van der Waals surface area contributed by atoms with E-state index in [4.69, 9.17) is 5.11 Å². The van der Waals surface area contributed by atoms with E-state index in [0.29, 0.717) is 10.9 Å². The van der Waals surface area contributed by atoms with Crippen molar-refractivity contribution >= 4 is 33.5 Å². The van der Waals surface area contributed by atoms with E-state index in [1.807, 2.05) is 0 Å². The number of carboxylic acids is 1. The number of benzene rings is 1. The lowest BCUT2D eigenvalue weighted by Crippen LogP contribution is -2.14. The standard InChI is InChI=1S/C12H12BrNO3/c1-2-3-7-10(15)14-11-8(12(16)17)5-4-6-9(11)13/h2,4-6H,1,3,7H2,(H,14,15)(H,16,17). The number of aromatic carboxylic acids is 1. The van der Waals surface area contributed by atoms with Gasteiger partial charge in [-0.3, -0.25) is 4.79 Å². The van der Waals surface area contributed by atoms with E-state index in [9.17, 15) is 9.59 Å². The zero-order chi connectivity index (χ0) is 12.8. The number of nitrogens with one attached hydrogen (secondary N) is 1. The minimum Gasteiger partial charge on any atom is -0.478 e. The van der Waals surface area contributed by atoms with E-state index >= 15 is 0 Å². The van der Waals surface area contributed by atoms with Crippen LogP contribution in [0.15, 0.2) is 35.3 Å². The molecule has 17 heavy (non-hydrogen) atoms. The average molecular weight is 298 g/mol. The number of hydrogen-bond acceptors (Lipinski definition) is 2. The summed E-state index contributed by atoms with van der Waals surface area (Å²) in [5.74, 6) is -1.32. The summed E-state index contributed by atoms with van der Waals surface area (Å²) in [6.45, 7) is 3.52. The highest BCUT2D eigenvalue weighted by atomic mass is 79.9. The number of carbonyl (C=O) groups is 2. The van der Waals surface area contributed by atoms with Crippen LogP contribution in [-0.4, -0.2) is 17.0 Å². The van der Waals surface area contributed by atoms with Crippen LogP contribution < -0.4 is 5.32 Å². The Morgan fingerprint density at radius 1 is 1.47 bits per heavy atom. The van der Waals surface area contributed by atoms with Gasteiger partial charge in [0, 0.05) is 10.9 Å². The average Bonchev–Trinajstić information content (AvgIpc) is 2.28. The minimum absolute atomic E-state index is 0.0614. The molecule has 0 fully saturated rings. The Bertz CT molecular complexity index is 457. The highest BCUT2D eigenvalue weighted by Crippen LogP contribution is 2.26. The van der Waals surface area contributed by atoms with Crippen LogP contribution in [0.1, 0.15) is 23.2 Å². The number of allylic oxidation sites excluding steroid dienone is 1. The second-order valence-electron chi connectivity index (χ2n) is 3.34. The summed E-state index contributed by atoms with van der Waals surface area (Å²) in [5, 5.41) is 11.6. The summed E-state index contributed by atoms with van der Waals surface area (Å²) in [4.78, 5) is 22.5. The summed E-state index contributed by atoms with van der Waals surface area (Å²) < 4.78 is 0.546. The molecule has 0 radical (unpaired) electrons. The van der Waals surface area contributed by atoms with Crippen molar-refractivity contribution in [1.29, 1.82) is 0 Å². The highest BCUT2D eigenvalue weighted by Gasteiger charge is 2.14. The molecule has 0 aromatic heterocycles. The van der Waals surface area contributed by atoms with Crippen LogP contribution in [0, 0.1) is 0 Å². The molecular weight excluding hydrogens is 286 g/mol. The van der Waals surface area contributed by atoms with Crippen molar-refractivity contribution in [3.63, 3.8) is 0 Å². The third-order valence-electron chi connectivity index (χ3n) is 2.08. The lowest BCUT2D eigenvalue weighted by molar-refractivity contribution is -0.116. The minimum atomic E-state index is -1.08. The second kappa shape index (κ2) is 6.20. The van der Waals surface area contributed by atoms with Gasteiger partial charge in [0.15, 0.2) is 0 Å². The quantitative estimate of drug-likeness (QED) is 0.821. The Kier molecular flexibility index (Phi) is 4.90. The fourth-order valence-corrected chi connectivity index (χ4v) is 1.73. The van der Waals surface area contributed by atoms with Gasteiger partial charge in [-0.2, -0.15) is 0 Å². The molecule has 0 spiro atoms. The van der Waals surface area contributed by atoms with E-state index in [1.165, 1.54) is 6.07 Å². The molecular formula is C12H12BrNO3. The van der Waals surface area contributed by atoms with Crippen molar-refractivity contribution in [2.24, 2.45) is 0 Å². The number of amides is 1. The first-order chi connectivity index (χ1) is 8.06. The van der Waals surface area contributed by atoms with E-state index in [2.05, 4.69) is 27.8 Å². The molecule has 4 nitrogen and oxygen atoms in total. The van der Waals surface area contributed by atoms with Crippen LogP contribution in [0.3, 0.4) is 0 Å². The van der Waals surface area contributed by atoms with E-state index in [-0.39, 0.29) is 23.6 Å². The normalized spacial score (nSPS) is 9.71. The fourth-order valence-electron chi connectivity index (χ4n) is 1.26. The van der Waals surface area contributed by atoms with Gasteiger partial charge in [0.25, 0.3) is 0 Å². The molecule has 1 aromatic carbocycles. The third-order valence-corrected chi connectivity index (χ3v) is 2.74. The Balaban J connectivity index is 2.92. The molecule has 0 aliphatic heterocycles. The first-order valence-electron chi connectivity index (χ1n) is 4.98. The Hall–Kier alpha value is -1.62. The van der Waals surface area contributed by atoms with Gasteiger partial charge in [0.2, 0.25) is 5.91 Å². The summed E-state index contributed by atoms with van der Waals surface area (Å²) >= 11 is 3.21. The summed E-state index contributed by atoms with van der Waals surface area (Å²) in [7, 11) is 0. The number of rotatable bonds is 5. The number of hydrogen-bond donors (Lipinski definition) is 2. The van der Waals surface area contributed by atoms with Gasteiger partial charge in [0.05, 0.1) is 11.3 Å². The fraction of sp³-hybridized carbons (Fsp3) is 0.167. The number of anilines is 1. The van der Waals surface area contributed by atoms with Gasteiger partial charge in [-0.25, -0.2) is 4.79 Å². The highest BCUT2D eigenvalue weighted by molar-refractivity contribution is 9.10. The van der Waals surface area contributed by atoms with Crippen LogP contribution in [0.2, 0.25) is 0 Å². The molecule has 0 unspecified atom stereocenters. The Labute approximate surface area is 107 Å². The molecule has 5 heteroatoms. The maximum Gasteiger partial charge on any atom is 0.337 e. The van der Waals surface area contributed by atoms with Gasteiger partial charge in [0.1, 0.15) is 0 Å². The van der Waals surface area contributed by atoms with Crippen molar-refractivity contribution in [3.05, 3.63) is 40.9 Å². The van der Waals surface area contributed by atoms with Crippen molar-refractivity contribution in [1.82, 2.24) is 0 Å². The molecule has 0 saturated heterocycles. The van der Waals surface area contributed by atoms with Crippen LogP contribution in [0.4, 0.5) is 5.69 Å². The number of carboxylic acid groups (broad SMARTS) is 1. The smallest absolute Gasteiger partial charge is 0.337 e. The molecule has 0 aliphatic carbocycles. The van der Waals surface area contributed by atoms with Gasteiger partial charge in [-0.05, 0) is 34.5 Å². The number of halogens is 1. The number of para-hydroxylation sites is 1. The Morgan fingerprint density at radius 3 is 2.76 bits per heavy atom. The molecule has 1 rings (SSSR count). The lowest BCUT2D eigenvalue weighted by atomic mass is 10.1. The topological polar surface area (TPSA) is 66.4 Å². The zero-order valence-corrected chi connectivity index (χ0v) is 10.7. The first kappa shape index (κ1) is 13.4. The summed E-state index contributed by atoms with van der Waals surface area (Å²) in [6.07, 6.45) is 2.47. The van der Waals surface area contributed by atoms with Gasteiger partial charge in [-0.1, -0.05) is 12.1 Å². The zero-order valence-electron chi connectivity index (χ0n) is 9.07. The SMILES string of the molecule is C=CCCC(=O)Nc1c(Br)cccc1C(=O)O. The molecule has 0 atom stereocenters. The maximum absolute atomic E-state index is 11.5. The molecule has 1 amide bonds.